The van der Waals surface area contributed by atoms with E-state index in [0.29, 0.717) is 11.3 Å². The lowest BCUT2D eigenvalue weighted by Gasteiger charge is -2.23. The van der Waals surface area contributed by atoms with Gasteiger partial charge in [0.25, 0.3) is 5.91 Å². The maximum Gasteiger partial charge on any atom is 0.325 e. The Hall–Kier alpha value is -3.10. The van der Waals surface area contributed by atoms with Gasteiger partial charge in [0.05, 0.1) is 7.11 Å². The molecule has 9 nitrogen and oxygen atoms in total. The van der Waals surface area contributed by atoms with E-state index in [1.165, 1.54) is 7.11 Å². The standard InChI is InChI=1S/C16H19N3O6/c1-9-6-10(4-5-11(9)25-3)16(2)14(23)19(15(24)18-16)8-12(20)17-7-13(21)22/h4-6H,7-8H2,1-3H3,(H,17,20)(H,18,24)(H,21,22). The maximum atomic E-state index is 12.7. The van der Waals surface area contributed by atoms with Crippen LogP contribution >= 0.6 is 0 Å². The number of nitrogens with zero attached hydrogens (tertiary/aromatic N) is 1. The van der Waals surface area contributed by atoms with Crippen LogP contribution in [0.25, 0.3) is 0 Å². The average molecular weight is 349 g/mol. The molecule has 1 unspecified atom stereocenters. The lowest BCUT2D eigenvalue weighted by Crippen LogP contribution is -2.44. The molecule has 1 fully saturated rings. The van der Waals surface area contributed by atoms with E-state index in [2.05, 4.69) is 10.6 Å². The number of aryl methyl sites for hydroxylation is 1. The number of nitrogens with one attached hydrogen (secondary N) is 2. The van der Waals surface area contributed by atoms with E-state index >= 15 is 0 Å². The van der Waals surface area contributed by atoms with Crippen molar-refractivity contribution < 1.29 is 29.0 Å². The van der Waals surface area contributed by atoms with Crippen molar-refractivity contribution in [2.24, 2.45) is 0 Å². The second-order valence-electron chi connectivity index (χ2n) is 5.80. The minimum atomic E-state index is -1.32. The molecule has 1 aliphatic heterocycles. The summed E-state index contributed by atoms with van der Waals surface area (Å²) >= 11 is 0. The summed E-state index contributed by atoms with van der Waals surface area (Å²) in [6.45, 7) is 2.22. The second-order valence-corrected chi connectivity index (χ2v) is 5.80. The third-order valence-corrected chi connectivity index (χ3v) is 3.99. The highest BCUT2D eigenvalue weighted by molar-refractivity contribution is 6.09. The summed E-state index contributed by atoms with van der Waals surface area (Å²) in [7, 11) is 1.53. The summed E-state index contributed by atoms with van der Waals surface area (Å²) in [5.74, 6) is -1.90. The van der Waals surface area contributed by atoms with Gasteiger partial charge in [-0.25, -0.2) is 4.79 Å². The number of rotatable bonds is 6. The molecule has 1 saturated heterocycles. The molecule has 9 heteroatoms. The smallest absolute Gasteiger partial charge is 0.325 e. The Labute approximate surface area is 143 Å². The molecule has 1 aromatic carbocycles. The number of carbonyl (C=O) groups excluding carboxylic acids is 3. The van der Waals surface area contributed by atoms with E-state index in [9.17, 15) is 19.2 Å². The van der Waals surface area contributed by atoms with Crippen LogP contribution in [0.2, 0.25) is 0 Å². The molecular formula is C16H19N3O6. The number of hydrogen-bond donors (Lipinski definition) is 3. The molecule has 25 heavy (non-hydrogen) atoms. The van der Waals surface area contributed by atoms with Crippen molar-refractivity contribution in [2.45, 2.75) is 19.4 Å². The molecule has 134 valence electrons. The number of benzene rings is 1. The number of ether oxygens (including phenoxy) is 1. The Morgan fingerprint density at radius 1 is 1.36 bits per heavy atom. The minimum absolute atomic E-state index is 0.553. The van der Waals surface area contributed by atoms with Crippen molar-refractivity contribution in [2.75, 3.05) is 20.2 Å². The monoisotopic (exact) mass is 349 g/mol. The number of aliphatic carboxylic acids is 1. The van der Waals surface area contributed by atoms with Crippen molar-refractivity contribution in [3.05, 3.63) is 29.3 Å². The molecule has 1 atom stereocenters. The Morgan fingerprint density at radius 2 is 2.04 bits per heavy atom. The minimum Gasteiger partial charge on any atom is -0.496 e. The molecule has 2 rings (SSSR count). The summed E-state index contributed by atoms with van der Waals surface area (Å²) in [5, 5.41) is 13.2. The van der Waals surface area contributed by atoms with Crippen LogP contribution in [-0.2, 0) is 19.9 Å². The zero-order valence-electron chi connectivity index (χ0n) is 14.1. The quantitative estimate of drug-likeness (QED) is 0.620. The Bertz CT molecular complexity index is 747. The summed E-state index contributed by atoms with van der Waals surface area (Å²) in [4.78, 5) is 47.8. The number of carboxylic acids is 1. The second kappa shape index (κ2) is 6.80. The molecule has 0 aromatic heterocycles. The predicted molar refractivity (Wildman–Crippen MR) is 86.0 cm³/mol. The third kappa shape index (κ3) is 3.54. The van der Waals surface area contributed by atoms with E-state index in [-0.39, 0.29) is 0 Å². The number of amides is 4. The lowest BCUT2D eigenvalue weighted by molar-refractivity contribution is -0.138. The van der Waals surface area contributed by atoms with Crippen molar-refractivity contribution in [3.63, 3.8) is 0 Å². The van der Waals surface area contributed by atoms with Crippen LogP contribution in [0.5, 0.6) is 5.75 Å². The van der Waals surface area contributed by atoms with Crippen LogP contribution in [0.4, 0.5) is 4.79 Å². The van der Waals surface area contributed by atoms with Gasteiger partial charge in [-0.05, 0) is 37.1 Å². The lowest BCUT2D eigenvalue weighted by atomic mass is 9.90. The van der Waals surface area contributed by atoms with E-state index in [1.807, 2.05) is 6.92 Å². The van der Waals surface area contributed by atoms with Gasteiger partial charge in [-0.3, -0.25) is 19.3 Å². The molecule has 0 radical (unpaired) electrons. The highest BCUT2D eigenvalue weighted by Gasteiger charge is 2.49. The van der Waals surface area contributed by atoms with Gasteiger partial charge in [0.1, 0.15) is 24.4 Å². The fraction of sp³-hybridized carbons (Fsp3) is 0.375. The number of carbonyl (C=O) groups is 4. The van der Waals surface area contributed by atoms with Crippen LogP contribution in [0.3, 0.4) is 0 Å². The molecule has 0 saturated carbocycles. The van der Waals surface area contributed by atoms with Crippen molar-refractivity contribution >= 4 is 23.8 Å². The first-order valence-electron chi connectivity index (χ1n) is 7.46. The van der Waals surface area contributed by atoms with Crippen LogP contribution < -0.4 is 15.4 Å². The Balaban J connectivity index is 2.20. The molecule has 0 bridgehead atoms. The first-order chi connectivity index (χ1) is 11.7. The van der Waals surface area contributed by atoms with Crippen molar-refractivity contribution in [3.8, 4) is 5.75 Å². The van der Waals surface area contributed by atoms with E-state index in [4.69, 9.17) is 9.84 Å². The molecule has 0 aliphatic carbocycles. The fourth-order valence-electron chi connectivity index (χ4n) is 2.60. The SMILES string of the molecule is COc1ccc(C2(C)NC(=O)N(CC(=O)NCC(=O)O)C2=O)cc1C. The Morgan fingerprint density at radius 3 is 2.60 bits per heavy atom. The molecule has 1 heterocycles. The molecule has 1 aliphatic rings. The van der Waals surface area contributed by atoms with E-state index in [1.54, 1.807) is 25.1 Å². The number of urea groups is 1. The number of hydrogen-bond acceptors (Lipinski definition) is 5. The fourth-order valence-corrected chi connectivity index (χ4v) is 2.60. The summed E-state index contributed by atoms with van der Waals surface area (Å²) in [5.41, 5.74) is 0.0276. The van der Waals surface area contributed by atoms with Gasteiger partial charge in [0.2, 0.25) is 5.91 Å². The van der Waals surface area contributed by atoms with Gasteiger partial charge in [0.15, 0.2) is 0 Å². The predicted octanol–water partition coefficient (Wildman–Crippen LogP) is -0.0286. The number of carboxylic acid groups (broad SMARTS) is 1. The van der Waals surface area contributed by atoms with Gasteiger partial charge in [-0.2, -0.15) is 0 Å². The Kier molecular flexibility index (Phi) is 4.96. The number of imide groups is 1. The molecule has 3 N–H and O–H groups in total. The van der Waals surface area contributed by atoms with Gasteiger partial charge in [0, 0.05) is 0 Å². The molecular weight excluding hydrogens is 330 g/mol. The zero-order valence-corrected chi connectivity index (χ0v) is 14.1. The zero-order chi connectivity index (χ0) is 18.8. The van der Waals surface area contributed by atoms with Crippen LogP contribution in [0, 0.1) is 6.92 Å². The van der Waals surface area contributed by atoms with Gasteiger partial charge < -0.3 is 20.5 Å². The molecule has 4 amide bonds. The normalized spacial score (nSPS) is 19.6. The highest BCUT2D eigenvalue weighted by Crippen LogP contribution is 2.31. The van der Waals surface area contributed by atoms with Gasteiger partial charge in [-0.1, -0.05) is 6.07 Å². The van der Waals surface area contributed by atoms with Crippen LogP contribution in [0.1, 0.15) is 18.1 Å². The summed E-state index contributed by atoms with van der Waals surface area (Å²) < 4.78 is 5.18. The van der Waals surface area contributed by atoms with Gasteiger partial charge >= 0.3 is 12.0 Å². The first-order valence-corrected chi connectivity index (χ1v) is 7.46. The average Bonchev–Trinajstić information content (AvgIpc) is 2.77. The van der Waals surface area contributed by atoms with Crippen LogP contribution in [0.15, 0.2) is 18.2 Å². The molecule has 0 spiro atoms. The maximum absolute atomic E-state index is 12.7. The van der Waals surface area contributed by atoms with E-state index in [0.717, 1.165) is 10.5 Å². The van der Waals surface area contributed by atoms with Gasteiger partial charge in [-0.15, -0.1) is 0 Å². The third-order valence-electron chi connectivity index (χ3n) is 3.99. The summed E-state index contributed by atoms with van der Waals surface area (Å²) in [6, 6.07) is 4.37. The largest absolute Gasteiger partial charge is 0.496 e. The summed E-state index contributed by atoms with van der Waals surface area (Å²) in [6.07, 6.45) is 0. The van der Waals surface area contributed by atoms with Crippen molar-refractivity contribution in [1.29, 1.82) is 0 Å². The van der Waals surface area contributed by atoms with Crippen molar-refractivity contribution in [1.82, 2.24) is 15.5 Å². The topological polar surface area (TPSA) is 125 Å². The highest BCUT2D eigenvalue weighted by atomic mass is 16.5. The van der Waals surface area contributed by atoms with E-state index < -0.39 is 42.4 Å². The molecule has 1 aromatic rings. The number of methoxy groups -OCH3 is 1. The van der Waals surface area contributed by atoms with Crippen LogP contribution in [-0.4, -0.2) is 54.0 Å². The first kappa shape index (κ1) is 18.2.